The maximum Gasteiger partial charge on any atom is 0.184 e. The highest BCUT2D eigenvalue weighted by molar-refractivity contribution is 8.13. The van der Waals surface area contributed by atoms with Crippen LogP contribution in [0, 0.1) is 5.92 Å². The zero-order chi connectivity index (χ0) is 18.6. The van der Waals surface area contributed by atoms with Gasteiger partial charge < -0.3 is 10.2 Å². The fourth-order valence-corrected chi connectivity index (χ4v) is 5.78. The lowest BCUT2D eigenvalue weighted by Gasteiger charge is -2.33. The Morgan fingerprint density at radius 2 is 2.26 bits per heavy atom. The topological polar surface area (TPSA) is 73.3 Å². The van der Waals surface area contributed by atoms with E-state index in [0.29, 0.717) is 12.0 Å². The van der Waals surface area contributed by atoms with Crippen molar-refractivity contribution in [2.24, 2.45) is 16.2 Å². The number of allylic oxidation sites excluding steroid dienone is 2. The van der Waals surface area contributed by atoms with E-state index < -0.39 is 0 Å². The number of thioether (sulfide) groups is 2. The maximum atomic E-state index is 5.04. The predicted octanol–water partition coefficient (Wildman–Crippen LogP) is 2.30. The molecule has 4 rings (SSSR count). The van der Waals surface area contributed by atoms with Crippen LogP contribution in [0.5, 0.6) is 0 Å². The molecule has 3 N–H and O–H groups in total. The van der Waals surface area contributed by atoms with Gasteiger partial charge in [-0.3, -0.25) is 10.4 Å². The molecule has 0 spiro atoms. The number of hydrogen-bond donors (Lipinski definition) is 3. The van der Waals surface area contributed by atoms with Crippen LogP contribution in [-0.4, -0.2) is 58.8 Å². The number of nitrogens with one attached hydrogen (secondary N) is 3. The summed E-state index contributed by atoms with van der Waals surface area (Å²) in [5.41, 5.74) is 8.90. The number of nitrogens with zero attached hydrogens (tertiary/aromatic N) is 3. The molecule has 7 nitrogen and oxygen atoms in total. The van der Waals surface area contributed by atoms with Gasteiger partial charge in [-0.2, -0.15) is 16.9 Å². The van der Waals surface area contributed by atoms with Gasteiger partial charge in [-0.15, -0.1) is 5.48 Å². The fourth-order valence-electron chi connectivity index (χ4n) is 4.24. The van der Waals surface area contributed by atoms with E-state index in [1.165, 1.54) is 25.0 Å². The third kappa shape index (κ3) is 4.51. The largest absolute Gasteiger partial charge is 0.388 e. The molecule has 150 valence electrons. The van der Waals surface area contributed by atoms with Crippen molar-refractivity contribution >= 4 is 34.4 Å². The molecule has 1 fully saturated rings. The summed E-state index contributed by atoms with van der Waals surface area (Å²) in [6, 6.07) is 0.314. The summed E-state index contributed by atoms with van der Waals surface area (Å²) in [5, 5.41) is 14.2. The fraction of sp³-hybridized carbons (Fsp3) is 0.778. The molecule has 4 unspecified atom stereocenters. The first-order chi connectivity index (χ1) is 13.2. The van der Waals surface area contributed by atoms with Gasteiger partial charge in [-0.05, 0) is 44.8 Å². The molecule has 1 saturated carbocycles. The molecule has 27 heavy (non-hydrogen) atoms. The van der Waals surface area contributed by atoms with Crippen LogP contribution in [0.4, 0.5) is 0 Å². The van der Waals surface area contributed by atoms with Crippen molar-refractivity contribution in [1.29, 1.82) is 0 Å². The summed E-state index contributed by atoms with van der Waals surface area (Å²) in [6.07, 6.45) is 11.7. The van der Waals surface area contributed by atoms with Gasteiger partial charge >= 0.3 is 0 Å². The summed E-state index contributed by atoms with van der Waals surface area (Å²) in [4.78, 5) is 7.33. The highest BCUT2D eigenvalue weighted by Crippen LogP contribution is 2.31. The second kappa shape index (κ2) is 8.96. The number of rotatable bonds is 6. The summed E-state index contributed by atoms with van der Waals surface area (Å²) in [6.45, 7) is 0.986. The zero-order valence-electron chi connectivity index (χ0n) is 16.1. The molecule has 0 aromatic carbocycles. The number of hydrazone groups is 1. The van der Waals surface area contributed by atoms with E-state index in [2.05, 4.69) is 50.8 Å². The molecular weight excluding hydrogens is 380 g/mol. The van der Waals surface area contributed by atoms with Crippen molar-refractivity contribution in [1.82, 2.24) is 21.1 Å². The third-order valence-corrected chi connectivity index (χ3v) is 7.98. The highest BCUT2D eigenvalue weighted by Gasteiger charge is 2.39. The summed E-state index contributed by atoms with van der Waals surface area (Å²) in [7, 11) is 2.15. The number of hydroxylamine groups is 1. The second-order valence-electron chi connectivity index (χ2n) is 7.61. The second-order valence-corrected chi connectivity index (χ2v) is 9.81. The molecule has 4 aliphatic rings. The first-order valence-corrected chi connectivity index (χ1v) is 12.1. The molecule has 0 amide bonds. The van der Waals surface area contributed by atoms with E-state index in [-0.39, 0.29) is 6.17 Å². The van der Waals surface area contributed by atoms with Gasteiger partial charge in [-0.1, -0.05) is 23.0 Å². The summed E-state index contributed by atoms with van der Waals surface area (Å²) in [5.74, 6) is 1.54. The molecule has 4 atom stereocenters. The van der Waals surface area contributed by atoms with Crippen molar-refractivity contribution in [2.75, 3.05) is 25.6 Å². The number of fused-ring (bicyclic) bond motifs is 1. The van der Waals surface area contributed by atoms with Crippen LogP contribution in [-0.2, 0) is 4.94 Å². The van der Waals surface area contributed by atoms with Gasteiger partial charge in [-0.25, -0.2) is 0 Å². The Kier molecular flexibility index (Phi) is 6.39. The molecule has 0 bridgehead atoms. The first-order valence-electron chi connectivity index (χ1n) is 9.87. The average molecular weight is 411 g/mol. The van der Waals surface area contributed by atoms with Crippen LogP contribution in [0.3, 0.4) is 0 Å². The molecule has 0 radical (unpaired) electrons. The predicted molar refractivity (Wildman–Crippen MR) is 115 cm³/mol. The number of oxime groups is 1. The average Bonchev–Trinajstić information content (AvgIpc) is 3.31. The van der Waals surface area contributed by atoms with E-state index in [1.807, 2.05) is 23.5 Å². The summed E-state index contributed by atoms with van der Waals surface area (Å²) < 4.78 is 0. The van der Waals surface area contributed by atoms with E-state index in [1.54, 1.807) is 0 Å². The van der Waals surface area contributed by atoms with Gasteiger partial charge in [0.25, 0.3) is 0 Å². The molecular formula is C18H30N6OS2. The maximum absolute atomic E-state index is 5.04. The number of amidine groups is 1. The van der Waals surface area contributed by atoms with Crippen molar-refractivity contribution in [2.45, 2.75) is 56.0 Å². The minimum atomic E-state index is 0.257. The van der Waals surface area contributed by atoms with Crippen LogP contribution >= 0.6 is 23.5 Å². The van der Waals surface area contributed by atoms with Crippen LogP contribution < -0.4 is 16.2 Å². The van der Waals surface area contributed by atoms with E-state index in [9.17, 15) is 0 Å². The Morgan fingerprint density at radius 1 is 1.33 bits per heavy atom. The smallest absolute Gasteiger partial charge is 0.184 e. The number of hydrogen-bond acceptors (Lipinski definition) is 9. The Labute approximate surface area is 170 Å². The lowest BCUT2D eigenvalue weighted by molar-refractivity contribution is 0.0566. The van der Waals surface area contributed by atoms with E-state index in [0.717, 1.165) is 47.7 Å². The lowest BCUT2D eigenvalue weighted by Crippen LogP contribution is -2.47. The van der Waals surface area contributed by atoms with Gasteiger partial charge in [0.15, 0.2) is 5.17 Å². The van der Waals surface area contributed by atoms with Crippen molar-refractivity contribution < 1.29 is 4.94 Å². The molecule has 0 aromatic heterocycles. The van der Waals surface area contributed by atoms with Gasteiger partial charge in [0.05, 0.1) is 11.8 Å². The third-order valence-electron chi connectivity index (χ3n) is 5.86. The molecule has 0 aromatic rings. The van der Waals surface area contributed by atoms with Crippen LogP contribution in [0.15, 0.2) is 22.0 Å². The molecule has 0 saturated heterocycles. The van der Waals surface area contributed by atoms with Gasteiger partial charge in [0.2, 0.25) is 0 Å². The Balaban J connectivity index is 1.19. The molecule has 2 aliphatic heterocycles. The van der Waals surface area contributed by atoms with Crippen molar-refractivity contribution in [3.8, 4) is 0 Å². The lowest BCUT2D eigenvalue weighted by atomic mass is 9.83. The summed E-state index contributed by atoms with van der Waals surface area (Å²) >= 11 is 3.81. The minimum Gasteiger partial charge on any atom is -0.388 e. The van der Waals surface area contributed by atoms with Gasteiger partial charge in [0.1, 0.15) is 6.17 Å². The van der Waals surface area contributed by atoms with E-state index in [4.69, 9.17) is 4.94 Å². The Morgan fingerprint density at radius 3 is 3.15 bits per heavy atom. The Bertz CT molecular complexity index is 625. The first kappa shape index (κ1) is 19.3. The monoisotopic (exact) mass is 410 g/mol. The van der Waals surface area contributed by atoms with E-state index >= 15 is 0 Å². The van der Waals surface area contributed by atoms with Crippen LogP contribution in [0.2, 0.25) is 0 Å². The zero-order valence-corrected chi connectivity index (χ0v) is 17.7. The van der Waals surface area contributed by atoms with Crippen LogP contribution in [0.25, 0.3) is 0 Å². The minimum absolute atomic E-state index is 0.257. The molecule has 9 heteroatoms. The molecule has 2 aliphatic carbocycles. The SMILES string of the molecule is CSC1CCC=C(NCCSC2=NNC(C3CCC4NON=C4C3)N2C)C1. The Hall–Kier alpha value is -1.06. The van der Waals surface area contributed by atoms with Gasteiger partial charge in [0, 0.05) is 36.2 Å². The molecule has 2 heterocycles. The standard InChI is InChI=1S/C18H30N6OS2/c1-24-17(12-6-7-15-16(10-12)23-25-22-15)20-21-18(24)27-9-8-19-13-4-3-5-14(11-13)26-2/h4,12,14-15,17,19-20,22H,3,5-11H2,1-2H3. The normalized spacial score (nSPS) is 32.8. The quantitative estimate of drug-likeness (QED) is 0.580. The van der Waals surface area contributed by atoms with Crippen molar-refractivity contribution in [3.05, 3.63) is 11.8 Å². The highest BCUT2D eigenvalue weighted by atomic mass is 32.2. The van der Waals surface area contributed by atoms with Crippen LogP contribution in [0.1, 0.15) is 38.5 Å². The van der Waals surface area contributed by atoms with Crippen molar-refractivity contribution in [3.63, 3.8) is 0 Å².